The lowest BCUT2D eigenvalue weighted by Gasteiger charge is -2.49. The average Bonchev–Trinajstić information content (AvgIpc) is 3.09. The van der Waals surface area contributed by atoms with Crippen LogP contribution in [-0.4, -0.2) is 45.9 Å². The molecule has 6 nitrogen and oxygen atoms in total. The summed E-state index contributed by atoms with van der Waals surface area (Å²) in [6, 6.07) is 4.26. The molecular weight excluding hydrogens is 292 g/mol. The Hall–Kier alpha value is -2.21. The summed E-state index contributed by atoms with van der Waals surface area (Å²) in [4.78, 5) is 23.1. The van der Waals surface area contributed by atoms with Gasteiger partial charge >= 0.3 is 5.91 Å². The second-order valence-corrected chi connectivity index (χ2v) is 6.38. The summed E-state index contributed by atoms with van der Waals surface area (Å²) >= 11 is 0. The molecule has 1 amide bonds. The van der Waals surface area contributed by atoms with Crippen molar-refractivity contribution in [2.75, 3.05) is 13.1 Å². The topological polar surface area (TPSA) is 71.3 Å². The fourth-order valence-corrected chi connectivity index (χ4v) is 3.78. The summed E-state index contributed by atoms with van der Waals surface area (Å²) in [7, 11) is 0. The van der Waals surface area contributed by atoms with E-state index in [1.807, 2.05) is 12.1 Å². The van der Waals surface area contributed by atoms with E-state index in [4.69, 9.17) is 4.42 Å². The Balaban J connectivity index is 1.49. The van der Waals surface area contributed by atoms with Gasteiger partial charge in [-0.25, -0.2) is 4.98 Å². The molecule has 0 unspecified atom stereocenters. The van der Waals surface area contributed by atoms with Crippen LogP contribution in [0, 0.1) is 5.92 Å². The largest absolute Gasteiger partial charge is 0.432 e. The molecule has 23 heavy (non-hydrogen) atoms. The number of nitrogens with zero attached hydrogens (tertiary/aromatic N) is 3. The summed E-state index contributed by atoms with van der Waals surface area (Å²) in [5, 5.41) is 3.13. The third-order valence-corrected chi connectivity index (χ3v) is 5.12. The van der Waals surface area contributed by atoms with Crippen molar-refractivity contribution >= 4 is 5.91 Å². The Morgan fingerprint density at radius 3 is 2.87 bits per heavy atom. The van der Waals surface area contributed by atoms with Gasteiger partial charge in [0.1, 0.15) is 0 Å². The zero-order valence-corrected chi connectivity index (χ0v) is 13.1. The molecule has 0 spiro atoms. The SMILES string of the molecule is C[C@H]1[C@H](NC(=O)c2ncc(-c3cccnc3)o2)C2CCN1CC2. The summed E-state index contributed by atoms with van der Waals surface area (Å²) < 4.78 is 5.61. The van der Waals surface area contributed by atoms with E-state index in [0.29, 0.717) is 17.7 Å². The highest BCUT2D eigenvalue weighted by Crippen LogP contribution is 2.32. The number of pyridine rings is 1. The van der Waals surface area contributed by atoms with Crippen LogP contribution < -0.4 is 5.32 Å². The summed E-state index contributed by atoms with van der Waals surface area (Å²) in [5.41, 5.74) is 0.815. The molecule has 3 fully saturated rings. The fraction of sp³-hybridized carbons (Fsp3) is 0.471. The Bertz CT molecular complexity index is 690. The molecule has 3 aliphatic rings. The van der Waals surface area contributed by atoms with Crippen LogP contribution in [-0.2, 0) is 0 Å². The zero-order valence-electron chi connectivity index (χ0n) is 13.1. The Morgan fingerprint density at radius 2 is 2.17 bits per heavy atom. The van der Waals surface area contributed by atoms with Crippen LogP contribution in [0.5, 0.6) is 0 Å². The number of oxazole rings is 1. The van der Waals surface area contributed by atoms with Crippen molar-refractivity contribution in [3.63, 3.8) is 0 Å². The van der Waals surface area contributed by atoms with E-state index < -0.39 is 0 Å². The second-order valence-electron chi connectivity index (χ2n) is 6.38. The molecule has 0 radical (unpaired) electrons. The lowest BCUT2D eigenvalue weighted by molar-refractivity contribution is 0.0210. The molecule has 3 aliphatic heterocycles. The van der Waals surface area contributed by atoms with Gasteiger partial charge in [0.2, 0.25) is 0 Å². The fourth-order valence-electron chi connectivity index (χ4n) is 3.78. The molecule has 2 aromatic heterocycles. The van der Waals surface area contributed by atoms with Gasteiger partial charge in [0, 0.05) is 30.0 Å². The number of fused-ring (bicyclic) bond motifs is 3. The predicted octanol–water partition coefficient (Wildman–Crippen LogP) is 1.95. The number of piperidine rings is 3. The zero-order chi connectivity index (χ0) is 15.8. The number of carbonyl (C=O) groups excluding carboxylic acids is 1. The van der Waals surface area contributed by atoms with Crippen molar-refractivity contribution in [2.45, 2.75) is 31.8 Å². The quantitative estimate of drug-likeness (QED) is 0.938. The highest BCUT2D eigenvalue weighted by Gasteiger charge is 2.40. The molecule has 3 saturated heterocycles. The van der Waals surface area contributed by atoms with Gasteiger partial charge in [0.15, 0.2) is 5.76 Å². The number of hydrogen-bond donors (Lipinski definition) is 1. The van der Waals surface area contributed by atoms with Gasteiger partial charge < -0.3 is 9.73 Å². The molecule has 2 bridgehead atoms. The van der Waals surface area contributed by atoms with Gasteiger partial charge in [-0.2, -0.15) is 0 Å². The standard InChI is InChI=1S/C17H20N4O2/c1-11-15(12-4-7-21(11)8-5-12)20-16(22)17-19-10-14(23-17)13-3-2-6-18-9-13/h2-3,6,9-12,15H,4-5,7-8H2,1H3,(H,20,22)/t11-,15-/m0/s1. The molecule has 0 saturated carbocycles. The lowest BCUT2D eigenvalue weighted by atomic mass is 9.79. The van der Waals surface area contributed by atoms with Gasteiger partial charge in [-0.3, -0.25) is 14.7 Å². The average molecular weight is 312 g/mol. The van der Waals surface area contributed by atoms with E-state index in [9.17, 15) is 4.79 Å². The monoisotopic (exact) mass is 312 g/mol. The Morgan fingerprint density at radius 1 is 1.35 bits per heavy atom. The normalized spacial score (nSPS) is 29.4. The first kappa shape index (κ1) is 14.4. The number of aromatic nitrogens is 2. The van der Waals surface area contributed by atoms with E-state index in [0.717, 1.165) is 31.5 Å². The first-order chi connectivity index (χ1) is 11.2. The van der Waals surface area contributed by atoms with E-state index in [-0.39, 0.29) is 17.8 Å². The molecule has 0 aromatic carbocycles. The van der Waals surface area contributed by atoms with Gasteiger partial charge in [-0.15, -0.1) is 0 Å². The van der Waals surface area contributed by atoms with Crippen LogP contribution in [0.25, 0.3) is 11.3 Å². The summed E-state index contributed by atoms with van der Waals surface area (Å²) in [5.74, 6) is 1.01. The van der Waals surface area contributed by atoms with Crippen LogP contribution in [0.15, 0.2) is 35.1 Å². The minimum atomic E-state index is -0.231. The molecule has 5 heterocycles. The van der Waals surface area contributed by atoms with Crippen molar-refractivity contribution in [2.24, 2.45) is 5.92 Å². The third kappa shape index (κ3) is 2.63. The maximum Gasteiger partial charge on any atom is 0.307 e. The van der Waals surface area contributed by atoms with Crippen molar-refractivity contribution in [3.05, 3.63) is 36.6 Å². The maximum absolute atomic E-state index is 12.5. The van der Waals surface area contributed by atoms with Crippen LogP contribution in [0.1, 0.15) is 30.5 Å². The first-order valence-electron chi connectivity index (χ1n) is 8.13. The highest BCUT2D eigenvalue weighted by atomic mass is 16.4. The molecule has 1 N–H and O–H groups in total. The lowest BCUT2D eigenvalue weighted by Crippen LogP contribution is -2.62. The van der Waals surface area contributed by atoms with E-state index in [2.05, 4.69) is 27.1 Å². The minimum absolute atomic E-state index is 0.118. The van der Waals surface area contributed by atoms with Crippen LogP contribution in [0.3, 0.4) is 0 Å². The minimum Gasteiger partial charge on any atom is -0.432 e. The van der Waals surface area contributed by atoms with E-state index in [1.54, 1.807) is 18.6 Å². The van der Waals surface area contributed by atoms with Gasteiger partial charge in [-0.05, 0) is 50.9 Å². The first-order valence-corrected chi connectivity index (χ1v) is 8.13. The number of nitrogens with one attached hydrogen (secondary N) is 1. The molecule has 2 atom stereocenters. The highest BCUT2D eigenvalue weighted by molar-refractivity contribution is 5.90. The van der Waals surface area contributed by atoms with Crippen molar-refractivity contribution in [1.29, 1.82) is 0 Å². The molecule has 6 heteroatoms. The number of rotatable bonds is 3. The molecule has 5 rings (SSSR count). The van der Waals surface area contributed by atoms with E-state index in [1.165, 1.54) is 0 Å². The number of amides is 1. The second kappa shape index (κ2) is 5.77. The van der Waals surface area contributed by atoms with Crippen molar-refractivity contribution < 1.29 is 9.21 Å². The van der Waals surface area contributed by atoms with Gasteiger partial charge in [0.05, 0.1) is 6.20 Å². The van der Waals surface area contributed by atoms with Crippen LogP contribution >= 0.6 is 0 Å². The summed E-state index contributed by atoms with van der Waals surface area (Å²) in [6.07, 6.45) is 7.27. The maximum atomic E-state index is 12.5. The Labute approximate surface area is 134 Å². The molecule has 2 aromatic rings. The molecular formula is C17H20N4O2. The third-order valence-electron chi connectivity index (χ3n) is 5.12. The molecule has 0 aliphatic carbocycles. The molecule has 120 valence electrons. The van der Waals surface area contributed by atoms with Crippen LogP contribution in [0.2, 0.25) is 0 Å². The smallest absolute Gasteiger partial charge is 0.307 e. The van der Waals surface area contributed by atoms with Gasteiger partial charge in [0.25, 0.3) is 5.89 Å². The van der Waals surface area contributed by atoms with Crippen molar-refractivity contribution in [3.8, 4) is 11.3 Å². The summed E-state index contributed by atoms with van der Waals surface area (Å²) in [6.45, 7) is 4.47. The predicted molar refractivity (Wildman–Crippen MR) is 84.7 cm³/mol. The number of hydrogen-bond acceptors (Lipinski definition) is 5. The Kier molecular flexibility index (Phi) is 3.61. The van der Waals surface area contributed by atoms with Crippen molar-refractivity contribution in [1.82, 2.24) is 20.2 Å². The number of carbonyl (C=O) groups is 1. The van der Waals surface area contributed by atoms with Gasteiger partial charge in [-0.1, -0.05) is 0 Å². The van der Waals surface area contributed by atoms with Crippen LogP contribution in [0.4, 0.5) is 0 Å². The van der Waals surface area contributed by atoms with E-state index >= 15 is 0 Å².